The number of carbonyl (C=O) groups is 2. The number of aryl methyl sites for hydroxylation is 1. The van der Waals surface area contributed by atoms with E-state index in [2.05, 4.69) is 20.3 Å². The van der Waals surface area contributed by atoms with Crippen LogP contribution in [0, 0.1) is 24.6 Å². The number of hydrogen-bond acceptors (Lipinski definition) is 8. The normalized spacial score (nSPS) is 22.2. The van der Waals surface area contributed by atoms with Crippen LogP contribution in [0.5, 0.6) is 0 Å². The Bertz CT molecular complexity index is 956. The van der Waals surface area contributed by atoms with E-state index in [1.165, 1.54) is 23.7 Å². The molecular formula is C18H19F4N5O4S. The van der Waals surface area contributed by atoms with Gasteiger partial charge >= 0.3 is 12.1 Å². The maximum atomic E-state index is 13.0. The van der Waals surface area contributed by atoms with Crippen LogP contribution in [0.3, 0.4) is 0 Å². The van der Waals surface area contributed by atoms with Gasteiger partial charge in [-0.05, 0) is 6.92 Å². The first-order valence-electron chi connectivity index (χ1n) is 9.39. The molecule has 3 atom stereocenters. The van der Waals surface area contributed by atoms with Gasteiger partial charge in [0, 0.05) is 36.9 Å². The number of carboxylic acids is 1. The number of alkyl halides is 3. The molecule has 2 saturated heterocycles. The maximum Gasteiger partial charge on any atom is 0.490 e. The molecule has 32 heavy (non-hydrogen) atoms. The summed E-state index contributed by atoms with van der Waals surface area (Å²) in [5.74, 6) is -2.31. The molecule has 0 aliphatic carbocycles. The Morgan fingerprint density at radius 3 is 2.53 bits per heavy atom. The molecule has 2 aliphatic heterocycles. The molecule has 174 valence electrons. The van der Waals surface area contributed by atoms with E-state index in [1.807, 2.05) is 11.8 Å². The molecule has 0 aromatic carbocycles. The van der Waals surface area contributed by atoms with Gasteiger partial charge in [-0.1, -0.05) is 0 Å². The highest BCUT2D eigenvalue weighted by atomic mass is 32.1. The van der Waals surface area contributed by atoms with E-state index < -0.39 is 18.0 Å². The molecule has 4 heterocycles. The van der Waals surface area contributed by atoms with Gasteiger partial charge in [-0.2, -0.15) is 13.2 Å². The standard InChI is InChI=1S/C16H18FN5O2S.C2HF3O2/c1-9-21-13(8-25-9)15(23)18-2-10-7-24-14-6-22(5-12(10)14)16-19-3-11(17)4-20-16;3-2(4,5)1(6)7/h3-4,8,10,12,14H,2,5-7H2,1H3,(H,18,23);(H,6,7)/t10-,12-,14-;/m1./s1. The van der Waals surface area contributed by atoms with Crippen LogP contribution in [0.15, 0.2) is 17.8 Å². The lowest BCUT2D eigenvalue weighted by atomic mass is 9.93. The van der Waals surface area contributed by atoms with Gasteiger partial charge in [0.2, 0.25) is 5.95 Å². The van der Waals surface area contributed by atoms with Crippen molar-refractivity contribution in [3.8, 4) is 0 Å². The number of fused-ring (bicyclic) bond motifs is 1. The molecule has 0 unspecified atom stereocenters. The van der Waals surface area contributed by atoms with Gasteiger partial charge in [0.15, 0.2) is 5.82 Å². The Morgan fingerprint density at radius 1 is 1.31 bits per heavy atom. The summed E-state index contributed by atoms with van der Waals surface area (Å²) in [6, 6.07) is 0. The molecule has 2 aromatic rings. The zero-order chi connectivity index (χ0) is 23.5. The molecule has 2 aromatic heterocycles. The summed E-state index contributed by atoms with van der Waals surface area (Å²) >= 11 is 1.46. The van der Waals surface area contributed by atoms with Crippen molar-refractivity contribution in [2.24, 2.45) is 11.8 Å². The van der Waals surface area contributed by atoms with Crippen LogP contribution < -0.4 is 10.2 Å². The summed E-state index contributed by atoms with van der Waals surface area (Å²) in [6.45, 7) is 4.48. The number of rotatable bonds is 4. The van der Waals surface area contributed by atoms with Crippen LogP contribution in [0.25, 0.3) is 0 Å². The minimum Gasteiger partial charge on any atom is -0.475 e. The Hall–Kier alpha value is -2.87. The third-order valence-electron chi connectivity index (χ3n) is 4.95. The van der Waals surface area contributed by atoms with E-state index in [0.717, 1.165) is 11.6 Å². The number of ether oxygens (including phenoxy) is 1. The number of nitrogens with one attached hydrogen (secondary N) is 1. The first-order chi connectivity index (χ1) is 15.0. The third kappa shape index (κ3) is 5.88. The number of carboxylic acid groups (broad SMARTS) is 1. The topological polar surface area (TPSA) is 118 Å². The van der Waals surface area contributed by atoms with Crippen LogP contribution in [-0.2, 0) is 9.53 Å². The molecule has 0 spiro atoms. The van der Waals surface area contributed by atoms with Crippen molar-refractivity contribution in [1.82, 2.24) is 20.3 Å². The minimum absolute atomic E-state index is 0.0945. The summed E-state index contributed by atoms with van der Waals surface area (Å²) in [5.41, 5.74) is 0.464. The molecule has 14 heteroatoms. The number of amides is 1. The minimum atomic E-state index is -5.08. The highest BCUT2D eigenvalue weighted by Gasteiger charge is 2.44. The number of aliphatic carboxylic acids is 1. The van der Waals surface area contributed by atoms with E-state index in [-0.39, 0.29) is 17.9 Å². The van der Waals surface area contributed by atoms with Crippen molar-refractivity contribution < 1.29 is 37.0 Å². The lowest BCUT2D eigenvalue weighted by Crippen LogP contribution is -2.34. The Kier molecular flexibility index (Phi) is 7.23. The zero-order valence-corrected chi connectivity index (χ0v) is 17.5. The van der Waals surface area contributed by atoms with Crippen LogP contribution in [0.2, 0.25) is 0 Å². The van der Waals surface area contributed by atoms with Gasteiger partial charge in [-0.3, -0.25) is 4.79 Å². The van der Waals surface area contributed by atoms with Crippen LogP contribution in [0.4, 0.5) is 23.5 Å². The number of hydrogen-bond donors (Lipinski definition) is 2. The highest BCUT2D eigenvalue weighted by molar-refractivity contribution is 7.09. The predicted octanol–water partition coefficient (Wildman–Crippen LogP) is 1.90. The van der Waals surface area contributed by atoms with Crippen LogP contribution >= 0.6 is 11.3 Å². The van der Waals surface area contributed by atoms with Gasteiger partial charge in [0.25, 0.3) is 5.91 Å². The van der Waals surface area contributed by atoms with Crippen molar-refractivity contribution in [2.45, 2.75) is 19.2 Å². The highest BCUT2D eigenvalue weighted by Crippen LogP contribution is 2.34. The van der Waals surface area contributed by atoms with E-state index in [4.69, 9.17) is 14.6 Å². The van der Waals surface area contributed by atoms with Crippen LogP contribution in [0.1, 0.15) is 15.5 Å². The molecule has 9 nitrogen and oxygen atoms in total. The van der Waals surface area contributed by atoms with Crippen molar-refractivity contribution in [3.05, 3.63) is 34.3 Å². The van der Waals surface area contributed by atoms with Gasteiger partial charge in [-0.25, -0.2) is 24.1 Å². The summed E-state index contributed by atoms with van der Waals surface area (Å²) in [6.07, 6.45) is -2.65. The molecule has 4 rings (SSSR count). The molecule has 0 radical (unpaired) electrons. The van der Waals surface area contributed by atoms with E-state index >= 15 is 0 Å². The van der Waals surface area contributed by atoms with Gasteiger partial charge in [-0.15, -0.1) is 11.3 Å². The Labute approximate surface area is 183 Å². The van der Waals surface area contributed by atoms with Gasteiger partial charge in [0.1, 0.15) is 5.69 Å². The van der Waals surface area contributed by atoms with Crippen molar-refractivity contribution in [3.63, 3.8) is 0 Å². The number of anilines is 1. The first kappa shape index (κ1) is 23.8. The predicted molar refractivity (Wildman–Crippen MR) is 104 cm³/mol. The second-order valence-electron chi connectivity index (χ2n) is 7.17. The maximum absolute atomic E-state index is 13.0. The average Bonchev–Trinajstić information content (AvgIpc) is 3.43. The molecule has 1 amide bonds. The zero-order valence-electron chi connectivity index (χ0n) is 16.7. The molecule has 2 aliphatic rings. The molecular weight excluding hydrogens is 458 g/mol. The summed E-state index contributed by atoms with van der Waals surface area (Å²) in [7, 11) is 0. The summed E-state index contributed by atoms with van der Waals surface area (Å²) in [5, 5.41) is 12.7. The fourth-order valence-electron chi connectivity index (χ4n) is 3.42. The molecule has 0 bridgehead atoms. The van der Waals surface area contributed by atoms with Crippen molar-refractivity contribution in [1.29, 1.82) is 0 Å². The van der Waals surface area contributed by atoms with E-state index in [1.54, 1.807) is 5.38 Å². The van der Waals surface area contributed by atoms with Gasteiger partial charge in [0.05, 0.1) is 30.1 Å². The monoisotopic (exact) mass is 477 g/mol. The van der Waals surface area contributed by atoms with Crippen molar-refractivity contribution in [2.75, 3.05) is 31.1 Å². The largest absolute Gasteiger partial charge is 0.490 e. The SMILES string of the molecule is Cc1nc(C(=O)NC[C@@H]2CO[C@@H]3CN(c4ncc(F)cn4)C[C@H]23)cs1.O=C(O)C(F)(F)F. The quantitative estimate of drug-likeness (QED) is 0.642. The molecule has 2 fully saturated rings. The lowest BCUT2D eigenvalue weighted by Gasteiger charge is -2.19. The average molecular weight is 477 g/mol. The molecule has 0 saturated carbocycles. The second-order valence-corrected chi connectivity index (χ2v) is 8.23. The second kappa shape index (κ2) is 9.73. The summed E-state index contributed by atoms with van der Waals surface area (Å²) < 4.78 is 50.6. The number of carbonyl (C=O) groups excluding carboxylic acids is 1. The third-order valence-corrected chi connectivity index (χ3v) is 5.72. The lowest BCUT2D eigenvalue weighted by molar-refractivity contribution is -0.192. The van der Waals surface area contributed by atoms with Crippen LogP contribution in [-0.4, -0.2) is 70.5 Å². The fraction of sp³-hybridized carbons (Fsp3) is 0.500. The number of halogens is 4. The molecule has 2 N–H and O–H groups in total. The fourth-order valence-corrected chi connectivity index (χ4v) is 4.02. The first-order valence-corrected chi connectivity index (χ1v) is 10.3. The van der Waals surface area contributed by atoms with Crippen molar-refractivity contribution >= 4 is 29.2 Å². The Morgan fingerprint density at radius 2 is 1.97 bits per heavy atom. The Balaban J connectivity index is 0.000000360. The summed E-state index contributed by atoms with van der Waals surface area (Å²) in [4.78, 5) is 35.3. The van der Waals surface area contributed by atoms with Gasteiger partial charge < -0.3 is 20.1 Å². The number of aromatic nitrogens is 3. The number of thiazole rings is 1. The number of nitrogens with zero attached hydrogens (tertiary/aromatic N) is 4. The van der Waals surface area contributed by atoms with E-state index in [0.29, 0.717) is 37.3 Å². The smallest absolute Gasteiger partial charge is 0.475 e. The van der Waals surface area contributed by atoms with E-state index in [9.17, 15) is 22.4 Å².